The summed E-state index contributed by atoms with van der Waals surface area (Å²) < 4.78 is 5.22. The third-order valence-corrected chi connectivity index (χ3v) is 15.5. The number of aromatic nitrogens is 2. The van der Waals surface area contributed by atoms with Crippen LogP contribution in [0.15, 0.2) is 176 Å². The molecule has 278 valence electrons. The smallest absolute Gasteiger partial charge is 0.280 e. The van der Waals surface area contributed by atoms with Crippen LogP contribution in [0.5, 0.6) is 0 Å². The molecule has 0 atom stereocenters. The normalized spacial score (nSPS) is 13.9. The summed E-state index contributed by atoms with van der Waals surface area (Å²) in [5.74, 6) is 1.19. The van der Waals surface area contributed by atoms with Gasteiger partial charge < -0.3 is 4.57 Å². The molecule has 12 aromatic rings. The van der Waals surface area contributed by atoms with Gasteiger partial charge in [0, 0.05) is 44.5 Å². The van der Waals surface area contributed by atoms with Gasteiger partial charge in [-0.1, -0.05) is 163 Å². The molecule has 0 fully saturated rings. The van der Waals surface area contributed by atoms with E-state index in [0.29, 0.717) is 0 Å². The second-order valence-electron chi connectivity index (χ2n) is 18.1. The van der Waals surface area contributed by atoms with Crippen LogP contribution in [0.25, 0.3) is 110 Å². The zero-order valence-electron chi connectivity index (χ0n) is 33.3. The zero-order valence-corrected chi connectivity index (χ0v) is 33.3. The van der Waals surface area contributed by atoms with E-state index in [1.807, 2.05) is 0 Å². The molecule has 0 radical (unpaired) electrons. The van der Waals surface area contributed by atoms with Crippen molar-refractivity contribution in [3.8, 4) is 44.8 Å². The number of pyridine rings is 1. The van der Waals surface area contributed by atoms with Crippen molar-refractivity contribution in [3.05, 3.63) is 176 Å². The predicted molar refractivity (Wildman–Crippen MR) is 261 cm³/mol. The van der Waals surface area contributed by atoms with Crippen molar-refractivity contribution in [2.24, 2.45) is 0 Å². The molecule has 0 bridgehead atoms. The lowest BCUT2D eigenvalue weighted by Crippen LogP contribution is -2.60. The first-order valence-electron chi connectivity index (χ1n) is 21.9. The van der Waals surface area contributed by atoms with Crippen LogP contribution in [0.2, 0.25) is 0 Å². The summed E-state index contributed by atoms with van der Waals surface area (Å²) in [6, 6.07) is 67.0. The number of hydrogen-bond acceptors (Lipinski definition) is 1. The maximum atomic E-state index is 4.24. The van der Waals surface area contributed by atoms with Crippen LogP contribution in [0, 0.1) is 0 Å². The van der Waals surface area contributed by atoms with Crippen molar-refractivity contribution in [2.45, 2.75) is 0 Å². The Morgan fingerprint density at radius 1 is 0.435 bits per heavy atom. The first kappa shape index (κ1) is 31.1. The summed E-state index contributed by atoms with van der Waals surface area (Å²) >= 11 is 0. The van der Waals surface area contributed by atoms with Gasteiger partial charge >= 0.3 is 0 Å². The van der Waals surface area contributed by atoms with Crippen LogP contribution in [-0.4, -0.2) is 18.0 Å². The van der Waals surface area contributed by atoms with Gasteiger partial charge in [0.2, 0.25) is 6.71 Å². The zero-order chi connectivity index (χ0) is 39.7. The fraction of sp³-hybridized carbons (Fsp3) is 0. The minimum atomic E-state index is 0.0820. The average Bonchev–Trinajstić information content (AvgIpc) is 4.07. The number of para-hydroxylation sites is 1. The summed E-state index contributed by atoms with van der Waals surface area (Å²) in [4.78, 5) is 0. The molecule has 5 aliphatic heterocycles. The van der Waals surface area contributed by atoms with E-state index in [4.69, 9.17) is 0 Å². The van der Waals surface area contributed by atoms with Gasteiger partial charge in [0.1, 0.15) is 16.9 Å². The van der Waals surface area contributed by atoms with Crippen molar-refractivity contribution in [3.63, 3.8) is 0 Å². The van der Waals surface area contributed by atoms with Crippen LogP contribution in [0.1, 0.15) is 0 Å². The molecule has 3 nitrogen and oxygen atoms in total. The standard InChI is InChI=1S/C57H29B2N3/c1-3-14-32-30(12-1)24-26-45-48(32)38-20-11-21-39-50-37-19-8-9-22-40(37)58-42-28-43-47(29-44(42)60-57(54(50)58)62(45)55(38)39)61-46-27-25-31-13-2-4-15-33(31)51(46)52-35-17-6-5-16-34(35)49-36-18-7-10-23-41(36)59(43)53(49)56(52)61/h1-29H/p+1. The lowest BCUT2D eigenvalue weighted by Gasteiger charge is -2.29. The monoisotopic (exact) mass is 778 g/mol. The minimum Gasteiger partial charge on any atom is -0.310 e. The molecule has 10 aromatic carbocycles. The average molecular weight is 779 g/mol. The highest BCUT2D eigenvalue weighted by molar-refractivity contribution is 7.04. The van der Waals surface area contributed by atoms with Gasteiger partial charge in [0.15, 0.2) is 0 Å². The van der Waals surface area contributed by atoms with Crippen LogP contribution in [0.4, 0.5) is 11.5 Å². The minimum absolute atomic E-state index is 0.0820. The summed E-state index contributed by atoms with van der Waals surface area (Å²) in [6.45, 7) is 0.194. The fourth-order valence-corrected chi connectivity index (χ4v) is 13.4. The van der Waals surface area contributed by atoms with Gasteiger partial charge in [0.05, 0.1) is 11.0 Å². The Kier molecular flexibility index (Phi) is 5.18. The molecule has 0 aliphatic carbocycles. The molecule has 0 saturated heterocycles. The summed E-state index contributed by atoms with van der Waals surface area (Å²) in [5, 5.41) is 16.1. The van der Waals surface area contributed by atoms with Crippen LogP contribution < -0.4 is 42.7 Å². The highest BCUT2D eigenvalue weighted by Crippen LogP contribution is 2.48. The maximum absolute atomic E-state index is 4.24. The molecule has 0 spiro atoms. The first-order valence-corrected chi connectivity index (χ1v) is 21.9. The SMILES string of the molecule is c1ccc2c(c1)B1c3cc4c(cc3-n3c5ccc6ccccc6c5c5c6ccccc6c-2c1c53)Nc1c2c(c3cccc5c3[n+]1-c1ccc3ccccc3c1-5)-c1ccccc1B42. The Labute approximate surface area is 356 Å². The maximum Gasteiger partial charge on any atom is 0.280 e. The van der Waals surface area contributed by atoms with E-state index in [1.165, 1.54) is 154 Å². The van der Waals surface area contributed by atoms with E-state index < -0.39 is 0 Å². The Balaban J connectivity index is 1.04. The van der Waals surface area contributed by atoms with E-state index >= 15 is 0 Å². The van der Waals surface area contributed by atoms with Crippen molar-refractivity contribution in [2.75, 3.05) is 5.32 Å². The van der Waals surface area contributed by atoms with Crippen molar-refractivity contribution in [1.29, 1.82) is 0 Å². The predicted octanol–water partition coefficient (Wildman–Crippen LogP) is 9.02. The molecule has 62 heavy (non-hydrogen) atoms. The molecular weight excluding hydrogens is 748 g/mol. The number of fused-ring (bicyclic) bond motifs is 26. The summed E-state index contributed by atoms with van der Waals surface area (Å²) in [5.41, 5.74) is 24.1. The Bertz CT molecular complexity index is 4220. The number of rotatable bonds is 0. The molecule has 5 heteroatoms. The number of benzene rings is 10. The topological polar surface area (TPSA) is 20.8 Å². The van der Waals surface area contributed by atoms with Crippen LogP contribution in [0.3, 0.4) is 0 Å². The Hall–Kier alpha value is -7.88. The molecule has 2 aromatic heterocycles. The summed E-state index contributed by atoms with van der Waals surface area (Å²) in [6.07, 6.45) is 0. The lowest BCUT2D eigenvalue weighted by molar-refractivity contribution is -0.546. The van der Waals surface area contributed by atoms with E-state index in [9.17, 15) is 0 Å². The Morgan fingerprint density at radius 3 is 1.89 bits per heavy atom. The molecule has 0 saturated carbocycles. The molecule has 0 amide bonds. The third-order valence-electron chi connectivity index (χ3n) is 15.5. The molecule has 7 heterocycles. The van der Waals surface area contributed by atoms with Gasteiger partial charge in [-0.25, -0.2) is 5.32 Å². The van der Waals surface area contributed by atoms with Crippen molar-refractivity contribution >= 4 is 123 Å². The second-order valence-corrected chi connectivity index (χ2v) is 18.1. The fourth-order valence-electron chi connectivity index (χ4n) is 13.4. The molecular formula is C57H30B2N3+. The van der Waals surface area contributed by atoms with Crippen LogP contribution >= 0.6 is 0 Å². The molecule has 5 aliphatic rings. The number of nitrogens with one attached hydrogen (secondary N) is 1. The second kappa shape index (κ2) is 10.3. The van der Waals surface area contributed by atoms with Gasteiger partial charge in [-0.3, -0.25) is 0 Å². The van der Waals surface area contributed by atoms with Crippen molar-refractivity contribution in [1.82, 2.24) is 4.57 Å². The molecule has 0 unspecified atom stereocenters. The number of anilines is 2. The van der Waals surface area contributed by atoms with Gasteiger partial charge in [-0.15, -0.1) is 0 Å². The third kappa shape index (κ3) is 3.30. The number of hydrogen-bond donors (Lipinski definition) is 1. The summed E-state index contributed by atoms with van der Waals surface area (Å²) in [7, 11) is 0. The van der Waals surface area contributed by atoms with Crippen molar-refractivity contribution < 1.29 is 4.57 Å². The van der Waals surface area contributed by atoms with E-state index in [-0.39, 0.29) is 13.4 Å². The highest BCUT2D eigenvalue weighted by atomic mass is 15.1. The lowest BCUT2D eigenvalue weighted by atomic mass is 9.34. The number of nitrogens with zero attached hydrogens (tertiary/aromatic N) is 2. The highest BCUT2D eigenvalue weighted by Gasteiger charge is 2.50. The van der Waals surface area contributed by atoms with E-state index in [0.717, 1.165) is 0 Å². The Morgan fingerprint density at radius 2 is 1.06 bits per heavy atom. The van der Waals surface area contributed by atoms with Crippen LogP contribution in [-0.2, 0) is 0 Å². The quantitative estimate of drug-likeness (QED) is 0.121. The molecule has 1 N–H and O–H groups in total. The van der Waals surface area contributed by atoms with E-state index in [2.05, 4.69) is 190 Å². The molecule has 17 rings (SSSR count). The largest absolute Gasteiger partial charge is 0.310 e. The van der Waals surface area contributed by atoms with Gasteiger partial charge in [-0.2, -0.15) is 4.57 Å². The van der Waals surface area contributed by atoms with Gasteiger partial charge in [0.25, 0.3) is 12.5 Å². The first-order chi connectivity index (χ1) is 30.8. The van der Waals surface area contributed by atoms with E-state index in [1.54, 1.807) is 0 Å². The van der Waals surface area contributed by atoms with Gasteiger partial charge in [-0.05, 0) is 89.2 Å².